The molecule has 0 aliphatic rings. The molecular weight excluding hydrogens is 152 g/mol. The molecule has 0 amide bonds. The second kappa shape index (κ2) is 3.05. The highest BCUT2D eigenvalue weighted by molar-refractivity contribution is 7.22. The highest BCUT2D eigenvalue weighted by Crippen LogP contribution is 2.18. The Kier molecular flexibility index (Phi) is 2.32. The van der Waals surface area contributed by atoms with Gasteiger partial charge in [0.2, 0.25) is 0 Å². The fourth-order valence-electron chi connectivity index (χ4n) is 0.570. The Morgan fingerprint density at radius 3 is 2.11 bits per heavy atom. The summed E-state index contributed by atoms with van der Waals surface area (Å²) >= 11 is 5.60. The van der Waals surface area contributed by atoms with Crippen molar-refractivity contribution >= 4 is 26.9 Å². The van der Waals surface area contributed by atoms with Crippen LogP contribution >= 0.6 is 21.2 Å². The van der Waals surface area contributed by atoms with Crippen LogP contribution in [0.15, 0.2) is 30.3 Å². The Bertz CT molecular complexity index is 176. The molecule has 0 saturated carbocycles. The number of hydrogen-bond donors (Lipinski definition) is 0. The number of hydrogen-bond acceptors (Lipinski definition) is 1. The Balaban J connectivity index is 2.85. The molecule has 0 N–H and O–H groups in total. The summed E-state index contributed by atoms with van der Waals surface area (Å²) < 4.78 is 1.47. The van der Waals surface area contributed by atoms with E-state index < -0.39 is 0 Å². The third-order valence-corrected chi connectivity index (χ3v) is 1.50. The van der Waals surface area contributed by atoms with Gasteiger partial charge in [-0.15, -0.1) is 0 Å². The second-order valence-corrected chi connectivity index (χ2v) is 2.85. The standard InChI is InChI=1S/C6H7ClNP/c7-8(9)6-4-2-1-3-5-6/h1-5H,9H2. The molecule has 0 aliphatic carbocycles. The average Bonchev–Trinajstić information content (AvgIpc) is 1.90. The first-order valence-electron chi connectivity index (χ1n) is 2.56. The van der Waals surface area contributed by atoms with Crippen molar-refractivity contribution in [3.8, 4) is 0 Å². The molecule has 1 unspecified atom stereocenters. The number of rotatable bonds is 1. The first-order valence-corrected chi connectivity index (χ1v) is 3.42. The minimum absolute atomic E-state index is 0.976. The smallest absolute Gasteiger partial charge is 0.0558 e. The summed E-state index contributed by atoms with van der Waals surface area (Å²) in [7, 11) is 2.37. The Labute approximate surface area is 62.0 Å². The molecule has 1 atom stereocenters. The van der Waals surface area contributed by atoms with Crippen molar-refractivity contribution in [2.75, 3.05) is 4.19 Å². The van der Waals surface area contributed by atoms with Gasteiger partial charge in [-0.1, -0.05) is 18.2 Å². The molecule has 0 spiro atoms. The third-order valence-electron chi connectivity index (χ3n) is 1.00. The van der Waals surface area contributed by atoms with E-state index in [-0.39, 0.29) is 0 Å². The van der Waals surface area contributed by atoms with Gasteiger partial charge in [-0.05, 0) is 21.5 Å². The van der Waals surface area contributed by atoms with Gasteiger partial charge in [0, 0.05) is 11.8 Å². The minimum atomic E-state index is 0.976. The van der Waals surface area contributed by atoms with Gasteiger partial charge in [-0.25, -0.2) is 0 Å². The highest BCUT2D eigenvalue weighted by Gasteiger charge is 1.90. The predicted molar refractivity (Wildman–Crippen MR) is 44.5 cm³/mol. The summed E-state index contributed by atoms with van der Waals surface area (Å²) in [5.41, 5.74) is 0.976. The summed E-state index contributed by atoms with van der Waals surface area (Å²) in [5, 5.41) is 0. The SMILES string of the molecule is PN(Cl)c1ccccc1. The van der Waals surface area contributed by atoms with Crippen LogP contribution in [0.2, 0.25) is 0 Å². The highest BCUT2D eigenvalue weighted by atomic mass is 35.5. The number of para-hydroxylation sites is 1. The fourth-order valence-corrected chi connectivity index (χ4v) is 0.855. The average molecular weight is 160 g/mol. The van der Waals surface area contributed by atoms with Gasteiger partial charge in [0.25, 0.3) is 0 Å². The van der Waals surface area contributed by atoms with Crippen molar-refractivity contribution < 1.29 is 0 Å². The van der Waals surface area contributed by atoms with Gasteiger partial charge in [-0.3, -0.25) is 4.19 Å². The van der Waals surface area contributed by atoms with E-state index in [1.54, 1.807) is 0 Å². The quantitative estimate of drug-likeness (QED) is 0.449. The molecule has 0 radical (unpaired) electrons. The van der Waals surface area contributed by atoms with Crippen LogP contribution in [-0.4, -0.2) is 0 Å². The fraction of sp³-hybridized carbons (Fsp3) is 0. The van der Waals surface area contributed by atoms with Crippen LogP contribution in [-0.2, 0) is 0 Å². The zero-order valence-corrected chi connectivity index (χ0v) is 6.70. The molecule has 0 aromatic heterocycles. The molecule has 0 saturated heterocycles. The first kappa shape index (κ1) is 6.85. The zero-order valence-electron chi connectivity index (χ0n) is 4.79. The van der Waals surface area contributed by atoms with Crippen LogP contribution in [0.5, 0.6) is 0 Å². The lowest BCUT2D eigenvalue weighted by Gasteiger charge is -2.05. The second-order valence-electron chi connectivity index (χ2n) is 1.65. The lowest BCUT2D eigenvalue weighted by atomic mass is 10.3. The summed E-state index contributed by atoms with van der Waals surface area (Å²) in [5.74, 6) is 0. The van der Waals surface area contributed by atoms with E-state index in [0.29, 0.717) is 0 Å². The molecule has 1 aromatic carbocycles. The molecule has 0 fully saturated rings. The molecule has 0 bridgehead atoms. The van der Waals surface area contributed by atoms with Crippen molar-refractivity contribution in [1.29, 1.82) is 0 Å². The van der Waals surface area contributed by atoms with Crippen LogP contribution in [0.25, 0.3) is 0 Å². The van der Waals surface area contributed by atoms with Gasteiger partial charge < -0.3 is 0 Å². The van der Waals surface area contributed by atoms with Gasteiger partial charge >= 0.3 is 0 Å². The Morgan fingerprint density at radius 1 is 1.22 bits per heavy atom. The summed E-state index contributed by atoms with van der Waals surface area (Å²) in [4.78, 5) is 0. The summed E-state index contributed by atoms with van der Waals surface area (Å²) in [6.07, 6.45) is 0. The maximum atomic E-state index is 5.60. The van der Waals surface area contributed by atoms with E-state index in [1.165, 1.54) is 4.19 Å². The third kappa shape index (κ3) is 1.85. The summed E-state index contributed by atoms with van der Waals surface area (Å²) in [6.45, 7) is 0. The molecular formula is C6H7ClNP. The van der Waals surface area contributed by atoms with Gasteiger partial charge in [0.05, 0.1) is 5.69 Å². The van der Waals surface area contributed by atoms with Crippen LogP contribution in [0.3, 0.4) is 0 Å². The predicted octanol–water partition coefficient (Wildman–Crippen LogP) is 2.44. The molecule has 0 heterocycles. The van der Waals surface area contributed by atoms with E-state index in [2.05, 4.69) is 9.39 Å². The van der Waals surface area contributed by atoms with Crippen molar-refractivity contribution in [1.82, 2.24) is 0 Å². The number of halogens is 1. The van der Waals surface area contributed by atoms with E-state index in [4.69, 9.17) is 11.8 Å². The molecule has 1 nitrogen and oxygen atoms in total. The van der Waals surface area contributed by atoms with E-state index in [0.717, 1.165) is 5.69 Å². The van der Waals surface area contributed by atoms with Crippen LogP contribution < -0.4 is 4.19 Å². The normalized spacial score (nSPS) is 9.11. The van der Waals surface area contributed by atoms with E-state index in [1.807, 2.05) is 30.3 Å². The number of anilines is 1. The minimum Gasteiger partial charge on any atom is -0.271 e. The lowest BCUT2D eigenvalue weighted by Crippen LogP contribution is -1.88. The van der Waals surface area contributed by atoms with E-state index in [9.17, 15) is 0 Å². The Hall–Kier alpha value is -0.260. The largest absolute Gasteiger partial charge is 0.271 e. The molecule has 0 aliphatic heterocycles. The molecule has 9 heavy (non-hydrogen) atoms. The summed E-state index contributed by atoms with van der Waals surface area (Å²) in [6, 6.07) is 9.69. The van der Waals surface area contributed by atoms with Gasteiger partial charge in [0.1, 0.15) is 0 Å². The van der Waals surface area contributed by atoms with Crippen molar-refractivity contribution in [2.45, 2.75) is 0 Å². The molecule has 3 heteroatoms. The molecule has 1 aromatic rings. The van der Waals surface area contributed by atoms with Crippen molar-refractivity contribution in [3.63, 3.8) is 0 Å². The van der Waals surface area contributed by atoms with Crippen molar-refractivity contribution in [3.05, 3.63) is 30.3 Å². The zero-order chi connectivity index (χ0) is 6.69. The molecule has 1 rings (SSSR count). The number of benzene rings is 1. The van der Waals surface area contributed by atoms with Crippen LogP contribution in [0, 0.1) is 0 Å². The maximum Gasteiger partial charge on any atom is 0.0558 e. The topological polar surface area (TPSA) is 3.24 Å². The first-order chi connectivity index (χ1) is 4.30. The monoisotopic (exact) mass is 159 g/mol. The van der Waals surface area contributed by atoms with Crippen LogP contribution in [0.4, 0.5) is 5.69 Å². The lowest BCUT2D eigenvalue weighted by molar-refractivity contribution is 1.60. The number of nitrogens with zero attached hydrogens (tertiary/aromatic N) is 1. The van der Waals surface area contributed by atoms with Crippen LogP contribution in [0.1, 0.15) is 0 Å². The van der Waals surface area contributed by atoms with Gasteiger partial charge in [-0.2, -0.15) is 0 Å². The van der Waals surface area contributed by atoms with E-state index >= 15 is 0 Å². The Morgan fingerprint density at radius 2 is 1.78 bits per heavy atom. The molecule has 48 valence electrons. The van der Waals surface area contributed by atoms with Gasteiger partial charge in [0.15, 0.2) is 0 Å². The maximum absolute atomic E-state index is 5.60. The van der Waals surface area contributed by atoms with Crippen molar-refractivity contribution in [2.24, 2.45) is 0 Å².